The van der Waals surface area contributed by atoms with Crippen LogP contribution in [0.3, 0.4) is 0 Å². The molecule has 6 nitrogen and oxygen atoms in total. The summed E-state index contributed by atoms with van der Waals surface area (Å²) in [6.07, 6.45) is 1.76. The lowest BCUT2D eigenvalue weighted by Crippen LogP contribution is -2.37. The average molecular weight is 260 g/mol. The standard InChI is InChI=1S/C12H24N2O4/c1-12(2,9-18-3)6-4-7-13-11(17)14-8-5-10(15)16/h4-9H2,1-3H3,(H,15,16)(H2,13,14,17). The number of ether oxygens (including phenoxy) is 1. The van der Waals surface area contributed by atoms with Crippen molar-refractivity contribution in [1.82, 2.24) is 10.6 Å². The minimum absolute atomic E-state index is 0.0612. The predicted octanol–water partition coefficient (Wildman–Crippen LogP) is 1.21. The molecule has 0 aromatic carbocycles. The summed E-state index contributed by atoms with van der Waals surface area (Å²) >= 11 is 0. The Morgan fingerprint density at radius 3 is 2.39 bits per heavy atom. The molecule has 0 aliphatic heterocycles. The van der Waals surface area contributed by atoms with E-state index in [2.05, 4.69) is 24.5 Å². The van der Waals surface area contributed by atoms with Gasteiger partial charge in [0, 0.05) is 20.2 Å². The number of carbonyl (C=O) groups is 2. The van der Waals surface area contributed by atoms with Gasteiger partial charge in [-0.05, 0) is 18.3 Å². The summed E-state index contributed by atoms with van der Waals surface area (Å²) < 4.78 is 5.11. The van der Waals surface area contributed by atoms with Crippen LogP contribution in [0.5, 0.6) is 0 Å². The van der Waals surface area contributed by atoms with Crippen LogP contribution in [0.25, 0.3) is 0 Å². The molecule has 0 saturated carbocycles. The number of carboxylic acid groups (broad SMARTS) is 1. The molecular formula is C12H24N2O4. The van der Waals surface area contributed by atoms with Crippen molar-refractivity contribution in [2.75, 3.05) is 26.8 Å². The third kappa shape index (κ3) is 9.89. The van der Waals surface area contributed by atoms with Gasteiger partial charge in [-0.2, -0.15) is 0 Å². The molecule has 0 spiro atoms. The molecule has 0 aromatic heterocycles. The lowest BCUT2D eigenvalue weighted by molar-refractivity contribution is -0.136. The minimum atomic E-state index is -0.920. The summed E-state index contributed by atoms with van der Waals surface area (Å²) in [6.45, 7) is 5.65. The van der Waals surface area contributed by atoms with Gasteiger partial charge >= 0.3 is 12.0 Å². The van der Waals surface area contributed by atoms with Crippen molar-refractivity contribution >= 4 is 12.0 Å². The highest BCUT2D eigenvalue weighted by Crippen LogP contribution is 2.21. The lowest BCUT2D eigenvalue weighted by atomic mass is 9.89. The van der Waals surface area contributed by atoms with Crippen LogP contribution in [-0.2, 0) is 9.53 Å². The van der Waals surface area contributed by atoms with Gasteiger partial charge in [0.25, 0.3) is 0 Å². The average Bonchev–Trinajstić information content (AvgIpc) is 2.24. The zero-order valence-electron chi connectivity index (χ0n) is 11.4. The fourth-order valence-electron chi connectivity index (χ4n) is 1.58. The maximum atomic E-state index is 11.2. The van der Waals surface area contributed by atoms with E-state index in [1.807, 2.05) is 0 Å². The van der Waals surface area contributed by atoms with Crippen LogP contribution in [0.2, 0.25) is 0 Å². The minimum Gasteiger partial charge on any atom is -0.481 e. The normalized spacial score (nSPS) is 11.1. The zero-order valence-corrected chi connectivity index (χ0v) is 11.4. The van der Waals surface area contributed by atoms with Gasteiger partial charge in [-0.1, -0.05) is 13.8 Å². The first-order valence-electron chi connectivity index (χ1n) is 6.10. The van der Waals surface area contributed by atoms with E-state index in [0.29, 0.717) is 13.2 Å². The Morgan fingerprint density at radius 2 is 1.83 bits per heavy atom. The van der Waals surface area contributed by atoms with Crippen LogP contribution >= 0.6 is 0 Å². The Labute approximate surface area is 108 Å². The molecule has 0 aliphatic carbocycles. The Hall–Kier alpha value is -1.30. The summed E-state index contributed by atoms with van der Waals surface area (Å²) in [6, 6.07) is -0.319. The monoisotopic (exact) mass is 260 g/mol. The zero-order chi connectivity index (χ0) is 14.0. The van der Waals surface area contributed by atoms with Crippen molar-refractivity contribution in [2.45, 2.75) is 33.1 Å². The molecule has 0 bridgehead atoms. The topological polar surface area (TPSA) is 87.7 Å². The summed E-state index contributed by atoms with van der Waals surface area (Å²) in [4.78, 5) is 21.5. The molecule has 3 N–H and O–H groups in total. The number of urea groups is 1. The number of carboxylic acids is 1. The number of methoxy groups -OCH3 is 1. The highest BCUT2D eigenvalue weighted by atomic mass is 16.5. The first-order chi connectivity index (χ1) is 8.37. The largest absolute Gasteiger partial charge is 0.481 e. The maximum absolute atomic E-state index is 11.2. The van der Waals surface area contributed by atoms with Crippen molar-refractivity contribution in [1.29, 1.82) is 0 Å². The Balaban J connectivity index is 3.54. The lowest BCUT2D eigenvalue weighted by Gasteiger charge is -2.23. The van der Waals surface area contributed by atoms with Crippen LogP contribution in [0.4, 0.5) is 4.79 Å². The molecule has 0 saturated heterocycles. The van der Waals surface area contributed by atoms with Crippen LogP contribution in [0.1, 0.15) is 33.1 Å². The Morgan fingerprint density at radius 1 is 1.22 bits per heavy atom. The van der Waals surface area contributed by atoms with E-state index in [4.69, 9.17) is 9.84 Å². The van der Waals surface area contributed by atoms with Crippen molar-refractivity contribution < 1.29 is 19.4 Å². The molecule has 2 amide bonds. The Kier molecular flexibility index (Phi) is 8.11. The number of hydrogen-bond donors (Lipinski definition) is 3. The second-order valence-corrected chi connectivity index (χ2v) is 5.03. The molecule has 0 aliphatic rings. The number of nitrogens with one attached hydrogen (secondary N) is 2. The van der Waals surface area contributed by atoms with E-state index in [-0.39, 0.29) is 24.4 Å². The molecule has 0 radical (unpaired) electrons. The predicted molar refractivity (Wildman–Crippen MR) is 68.5 cm³/mol. The second-order valence-electron chi connectivity index (χ2n) is 5.03. The van der Waals surface area contributed by atoms with E-state index in [1.54, 1.807) is 7.11 Å². The summed E-state index contributed by atoms with van der Waals surface area (Å²) in [7, 11) is 1.68. The van der Waals surface area contributed by atoms with Gasteiger partial charge < -0.3 is 20.5 Å². The molecule has 6 heteroatoms. The van der Waals surface area contributed by atoms with Gasteiger partial charge in [0.1, 0.15) is 0 Å². The summed E-state index contributed by atoms with van der Waals surface area (Å²) in [5.74, 6) is -0.920. The highest BCUT2D eigenvalue weighted by molar-refractivity contribution is 5.74. The number of carbonyl (C=O) groups excluding carboxylic acids is 1. The number of aliphatic carboxylic acids is 1. The molecule has 106 valence electrons. The second kappa shape index (κ2) is 8.74. The molecular weight excluding hydrogens is 236 g/mol. The third-order valence-electron chi connectivity index (χ3n) is 2.48. The van der Waals surface area contributed by atoms with E-state index in [1.165, 1.54) is 0 Å². The Bertz CT molecular complexity index is 267. The van der Waals surface area contributed by atoms with Crippen LogP contribution in [-0.4, -0.2) is 43.9 Å². The van der Waals surface area contributed by atoms with E-state index >= 15 is 0 Å². The highest BCUT2D eigenvalue weighted by Gasteiger charge is 2.16. The van der Waals surface area contributed by atoms with Crippen LogP contribution < -0.4 is 10.6 Å². The number of amides is 2. The molecule has 0 heterocycles. The van der Waals surface area contributed by atoms with Crippen LogP contribution in [0.15, 0.2) is 0 Å². The SMILES string of the molecule is COCC(C)(C)CCCNC(=O)NCCC(=O)O. The van der Waals surface area contributed by atoms with Gasteiger partial charge in [-0.25, -0.2) is 4.79 Å². The number of hydrogen-bond acceptors (Lipinski definition) is 3. The smallest absolute Gasteiger partial charge is 0.314 e. The van der Waals surface area contributed by atoms with Crippen molar-refractivity contribution in [2.24, 2.45) is 5.41 Å². The summed E-state index contributed by atoms with van der Waals surface area (Å²) in [5, 5.41) is 13.6. The molecule has 0 unspecified atom stereocenters. The molecule has 0 aromatic rings. The van der Waals surface area contributed by atoms with Gasteiger partial charge in [-0.15, -0.1) is 0 Å². The molecule has 18 heavy (non-hydrogen) atoms. The van der Waals surface area contributed by atoms with Gasteiger partial charge in [0.15, 0.2) is 0 Å². The van der Waals surface area contributed by atoms with Crippen molar-refractivity contribution in [3.05, 3.63) is 0 Å². The molecule has 0 atom stereocenters. The first kappa shape index (κ1) is 16.7. The van der Waals surface area contributed by atoms with Gasteiger partial charge in [0.05, 0.1) is 13.0 Å². The molecule has 0 rings (SSSR count). The van der Waals surface area contributed by atoms with E-state index in [0.717, 1.165) is 12.8 Å². The van der Waals surface area contributed by atoms with E-state index < -0.39 is 5.97 Å². The van der Waals surface area contributed by atoms with E-state index in [9.17, 15) is 9.59 Å². The first-order valence-corrected chi connectivity index (χ1v) is 6.10. The fourth-order valence-corrected chi connectivity index (χ4v) is 1.58. The summed E-state index contributed by atoms with van der Waals surface area (Å²) in [5.41, 5.74) is 0.107. The fraction of sp³-hybridized carbons (Fsp3) is 0.833. The van der Waals surface area contributed by atoms with Crippen molar-refractivity contribution in [3.63, 3.8) is 0 Å². The number of rotatable bonds is 9. The maximum Gasteiger partial charge on any atom is 0.314 e. The van der Waals surface area contributed by atoms with Gasteiger partial charge in [-0.3, -0.25) is 4.79 Å². The van der Waals surface area contributed by atoms with Crippen LogP contribution in [0, 0.1) is 5.41 Å². The van der Waals surface area contributed by atoms with Gasteiger partial charge in [0.2, 0.25) is 0 Å². The van der Waals surface area contributed by atoms with Crippen molar-refractivity contribution in [3.8, 4) is 0 Å². The third-order valence-corrected chi connectivity index (χ3v) is 2.48. The quantitative estimate of drug-likeness (QED) is 0.544. The molecule has 0 fully saturated rings.